The van der Waals surface area contributed by atoms with Gasteiger partial charge in [-0.25, -0.2) is 30.2 Å². The van der Waals surface area contributed by atoms with Gasteiger partial charge < -0.3 is 12.4 Å². The van der Waals surface area contributed by atoms with Crippen LogP contribution in [-0.4, -0.2) is 0 Å². The van der Waals surface area contributed by atoms with Gasteiger partial charge in [0.2, 0.25) is 0 Å². The number of hydrogen-bond acceptors (Lipinski definition) is 0. The molecule has 0 N–H and O–H groups in total. The van der Waals surface area contributed by atoms with Gasteiger partial charge in [-0.2, -0.15) is 22.3 Å². The molecule has 0 aromatic carbocycles. The fourth-order valence-electron chi connectivity index (χ4n) is 2.81. The standard InChI is InChI=1S/2C10H15.C4H7.ClH.U/c2*1-7-6-10(4,5)9(3)8(7)2;1-4(2)3;;/h2*1-5H3;1-2H2,3H3;1H;/q3*-1;;+4/p-1. The number of rotatable bonds is 0. The maximum atomic E-state index is 3.44. The van der Waals surface area contributed by atoms with Crippen molar-refractivity contribution < 1.29 is 43.5 Å². The quantitative estimate of drug-likeness (QED) is 0.357. The zero-order chi connectivity index (χ0) is 19.5. The third-order valence-electron chi connectivity index (χ3n) is 5.12. The van der Waals surface area contributed by atoms with E-state index in [0.29, 0.717) is 0 Å². The van der Waals surface area contributed by atoms with Crippen LogP contribution in [0.5, 0.6) is 0 Å². The molecule has 0 saturated heterocycles. The summed E-state index contributed by atoms with van der Waals surface area (Å²) in [7, 11) is 0. The number of hydrogen-bond donors (Lipinski definition) is 0. The minimum atomic E-state index is 0. The minimum Gasteiger partial charge on any atom is -1.00 e. The van der Waals surface area contributed by atoms with Gasteiger partial charge in [0.15, 0.2) is 0 Å². The predicted molar refractivity (Wildman–Crippen MR) is 109 cm³/mol. The van der Waals surface area contributed by atoms with Crippen LogP contribution in [0.2, 0.25) is 0 Å². The molecule has 0 amide bonds. The normalized spacial score (nSPS) is 19.0. The van der Waals surface area contributed by atoms with E-state index in [0.717, 1.165) is 5.57 Å². The zero-order valence-electron chi connectivity index (χ0n) is 18.8. The van der Waals surface area contributed by atoms with Gasteiger partial charge in [-0.1, -0.05) is 73.1 Å². The maximum Gasteiger partial charge on any atom is 4.00 e. The van der Waals surface area contributed by atoms with Crippen molar-refractivity contribution in [3.63, 3.8) is 0 Å². The first-order chi connectivity index (χ1) is 10.6. The van der Waals surface area contributed by atoms with Crippen molar-refractivity contribution in [1.82, 2.24) is 0 Å². The van der Waals surface area contributed by atoms with Crippen LogP contribution in [0.1, 0.15) is 76.2 Å². The van der Waals surface area contributed by atoms with Gasteiger partial charge in [0.25, 0.3) is 0 Å². The average Bonchev–Trinajstić information content (AvgIpc) is 2.69. The summed E-state index contributed by atoms with van der Waals surface area (Å²) in [6, 6.07) is 0. The fourth-order valence-corrected chi connectivity index (χ4v) is 2.81. The Hall–Kier alpha value is -0.0881. The molecule has 2 rings (SSSR count). The van der Waals surface area contributed by atoms with Crippen molar-refractivity contribution in [3.8, 4) is 0 Å². The first kappa shape index (κ1) is 30.6. The smallest absolute Gasteiger partial charge is 1.00 e. The molecule has 26 heavy (non-hydrogen) atoms. The molecule has 0 aromatic heterocycles. The summed E-state index contributed by atoms with van der Waals surface area (Å²) < 4.78 is 0. The molecule has 0 atom stereocenters. The first-order valence-electron chi connectivity index (χ1n) is 8.71. The zero-order valence-corrected chi connectivity index (χ0v) is 23.7. The van der Waals surface area contributed by atoms with Crippen LogP contribution in [0.3, 0.4) is 0 Å². The van der Waals surface area contributed by atoms with E-state index in [1.165, 1.54) is 33.4 Å². The van der Waals surface area contributed by atoms with Crippen LogP contribution in [0, 0.1) is 61.0 Å². The maximum absolute atomic E-state index is 3.44. The van der Waals surface area contributed by atoms with E-state index in [9.17, 15) is 0 Å². The Kier molecular flexibility index (Phi) is 13.8. The molecule has 0 aromatic rings. The summed E-state index contributed by atoms with van der Waals surface area (Å²) in [4.78, 5) is 0. The van der Waals surface area contributed by atoms with Crippen LogP contribution in [0.15, 0.2) is 45.6 Å². The summed E-state index contributed by atoms with van der Waals surface area (Å²) in [6.07, 6.45) is 6.87. The Morgan fingerprint density at radius 2 is 0.962 bits per heavy atom. The molecule has 0 nitrogen and oxygen atoms in total. The number of halogens is 1. The first-order valence-corrected chi connectivity index (χ1v) is 8.71. The largest absolute Gasteiger partial charge is 4.00 e. The van der Waals surface area contributed by atoms with Crippen LogP contribution < -0.4 is 12.4 Å². The third kappa shape index (κ3) is 8.73. The molecule has 2 aliphatic rings. The van der Waals surface area contributed by atoms with Crippen molar-refractivity contribution in [1.29, 1.82) is 0 Å². The van der Waals surface area contributed by atoms with Crippen LogP contribution >= 0.6 is 0 Å². The van der Waals surface area contributed by atoms with E-state index >= 15 is 0 Å². The Balaban J connectivity index is -0.000000319. The summed E-state index contributed by atoms with van der Waals surface area (Å²) >= 11 is 0. The van der Waals surface area contributed by atoms with E-state index in [1.54, 1.807) is 0 Å². The minimum absolute atomic E-state index is 0. The molecule has 2 heteroatoms. The van der Waals surface area contributed by atoms with Crippen molar-refractivity contribution in [3.05, 3.63) is 64.7 Å². The van der Waals surface area contributed by atoms with E-state index in [1.807, 2.05) is 6.92 Å². The summed E-state index contributed by atoms with van der Waals surface area (Å²) in [5.74, 6) is 0. The Morgan fingerprint density at radius 3 is 1.00 bits per heavy atom. The van der Waals surface area contributed by atoms with Crippen molar-refractivity contribution >= 4 is 0 Å². The van der Waals surface area contributed by atoms with Gasteiger partial charge >= 0.3 is 31.1 Å². The molecule has 0 fully saturated rings. The van der Waals surface area contributed by atoms with E-state index in [-0.39, 0.29) is 54.4 Å². The van der Waals surface area contributed by atoms with Crippen molar-refractivity contribution in [2.45, 2.75) is 76.2 Å². The van der Waals surface area contributed by atoms with Gasteiger partial charge in [-0.3, -0.25) is 12.2 Å². The molecule has 0 heterocycles. The molecular weight excluding hydrogens is 562 g/mol. The van der Waals surface area contributed by atoms with Crippen molar-refractivity contribution in [2.75, 3.05) is 0 Å². The Bertz CT molecular complexity index is 569. The molecule has 0 aliphatic heterocycles. The summed E-state index contributed by atoms with van der Waals surface area (Å²) in [5, 5.41) is 0. The second kappa shape index (κ2) is 11.7. The second-order valence-corrected chi connectivity index (χ2v) is 8.21. The van der Waals surface area contributed by atoms with Gasteiger partial charge in [0.1, 0.15) is 0 Å². The Labute approximate surface area is 194 Å². The molecule has 144 valence electrons. The molecule has 0 spiro atoms. The summed E-state index contributed by atoms with van der Waals surface area (Å²) in [6.45, 7) is 30.6. The average molecular weight is 599 g/mol. The summed E-state index contributed by atoms with van der Waals surface area (Å²) in [5.41, 5.74) is 9.71. The monoisotopic (exact) mass is 598 g/mol. The van der Waals surface area contributed by atoms with E-state index in [4.69, 9.17) is 0 Å². The van der Waals surface area contributed by atoms with Crippen LogP contribution in [-0.2, 0) is 0 Å². The third-order valence-corrected chi connectivity index (χ3v) is 5.12. The van der Waals surface area contributed by atoms with E-state index < -0.39 is 0 Å². The number of allylic oxidation sites excluding steroid dienone is 9. The van der Waals surface area contributed by atoms with Gasteiger partial charge in [0.05, 0.1) is 0 Å². The molecular formula is C24H37ClU. The van der Waals surface area contributed by atoms with Crippen LogP contribution in [0.25, 0.3) is 0 Å². The fraction of sp³-hybridized carbons (Fsp3) is 0.542. The van der Waals surface area contributed by atoms with Gasteiger partial charge in [0, 0.05) is 0 Å². The van der Waals surface area contributed by atoms with Gasteiger partial charge in [-0.15, -0.1) is 13.8 Å². The SMILES string of the molecule is C=C([CH2-])C.CC1=[C-]C(C)(C)C(C)=C1C.CC1=[C-]C(C)(C)C(C)=C1C.[Cl-].[U+4]. The Morgan fingerprint density at radius 1 is 0.769 bits per heavy atom. The molecule has 0 saturated carbocycles. The molecule has 0 unspecified atom stereocenters. The van der Waals surface area contributed by atoms with E-state index in [2.05, 4.69) is 94.9 Å². The predicted octanol–water partition coefficient (Wildman–Crippen LogP) is 4.62. The van der Waals surface area contributed by atoms with Crippen molar-refractivity contribution in [2.24, 2.45) is 10.8 Å². The second-order valence-electron chi connectivity index (χ2n) is 8.21. The molecule has 2 aliphatic carbocycles. The van der Waals surface area contributed by atoms with Crippen LogP contribution in [0.4, 0.5) is 0 Å². The molecule has 0 bridgehead atoms. The topological polar surface area (TPSA) is 0 Å². The molecule has 0 radical (unpaired) electrons. The van der Waals surface area contributed by atoms with Gasteiger partial charge in [-0.05, 0) is 0 Å².